The fourth-order valence-electron chi connectivity index (χ4n) is 8.09. The third-order valence-corrected chi connectivity index (χ3v) is 13.6. The Morgan fingerprint density at radius 3 is 1.83 bits per heavy atom. The number of hydrogen-bond acceptors (Lipinski definition) is 8. The van der Waals surface area contributed by atoms with E-state index in [9.17, 15) is 24.0 Å². The van der Waals surface area contributed by atoms with Crippen LogP contribution in [0.25, 0.3) is 0 Å². The molecular weight excluding hydrogens is 697 g/mol. The number of methoxy groups -OCH3 is 1. The number of ether oxygens (including phenoxy) is 1. The number of rotatable bonds is 12. The smallest absolute Gasteiger partial charge is 0.328 e. The van der Waals surface area contributed by atoms with Crippen molar-refractivity contribution in [3.8, 4) is 0 Å². The number of carbonyl (C=O) groups excluding carboxylic acids is 5. The molecule has 2 N–H and O–H groups in total. The lowest BCUT2D eigenvalue weighted by atomic mass is 9.86. The summed E-state index contributed by atoms with van der Waals surface area (Å²) >= 11 is 3.47. The van der Waals surface area contributed by atoms with E-state index in [1.165, 1.54) is 7.11 Å². The fraction of sp³-hybridized carbons (Fsp3) is 0.575. The maximum atomic E-state index is 14.2. The molecule has 0 spiro atoms. The molecule has 1 unspecified atom stereocenters. The molecule has 0 radical (unpaired) electrons. The summed E-state index contributed by atoms with van der Waals surface area (Å²) in [6.45, 7) is 0.733. The van der Waals surface area contributed by atoms with Crippen LogP contribution in [-0.4, -0.2) is 93.4 Å². The van der Waals surface area contributed by atoms with E-state index < -0.39 is 35.9 Å². The molecule has 2 aromatic rings. The Bertz CT molecular complexity index is 1550. The van der Waals surface area contributed by atoms with E-state index >= 15 is 0 Å². The van der Waals surface area contributed by atoms with Gasteiger partial charge in [-0.05, 0) is 99.7 Å². The van der Waals surface area contributed by atoms with Gasteiger partial charge in [-0.3, -0.25) is 19.2 Å². The van der Waals surface area contributed by atoms with E-state index in [4.69, 9.17) is 4.74 Å². The van der Waals surface area contributed by atoms with Gasteiger partial charge in [0.15, 0.2) is 0 Å². The number of amides is 4. The minimum absolute atomic E-state index is 0.0134. The molecule has 280 valence electrons. The highest BCUT2D eigenvalue weighted by Crippen LogP contribution is 2.35. The van der Waals surface area contributed by atoms with Crippen molar-refractivity contribution in [3.63, 3.8) is 0 Å². The molecule has 0 aromatic heterocycles. The van der Waals surface area contributed by atoms with Crippen LogP contribution in [0.2, 0.25) is 0 Å². The standard InChI is InChI=1S/C40H52N4O6S2/c1-50-40(49)33-15-10-17-35-44(33)39(48)32(21-24-52-35)42-37(46)30(26-28-13-6-3-7-14-28)19-18-29(25-27-11-4-2-5-12-27)36(45)41-31-20-23-51-34-16-8-9-22-43(34)38(31)47/h2-7,11-14,29-35H,8-10,15-26H2,1H3,(H,41,45)(H,42,46)/t29-,30-,31+,32+,33+,34?,35+/m1/s1. The zero-order chi connectivity index (χ0) is 36.5. The normalized spacial score (nSPS) is 26.1. The largest absolute Gasteiger partial charge is 0.467 e. The molecule has 0 aliphatic carbocycles. The third-order valence-electron chi connectivity index (χ3n) is 11.0. The first-order chi connectivity index (χ1) is 25.3. The summed E-state index contributed by atoms with van der Waals surface area (Å²) < 4.78 is 5.06. The fourth-order valence-corrected chi connectivity index (χ4v) is 10.8. The molecule has 0 bridgehead atoms. The number of nitrogens with zero attached hydrogens (tertiary/aromatic N) is 2. The monoisotopic (exact) mass is 748 g/mol. The Labute approximate surface area is 315 Å². The van der Waals surface area contributed by atoms with Gasteiger partial charge in [0, 0.05) is 18.4 Å². The minimum atomic E-state index is -0.755. The molecule has 4 aliphatic heterocycles. The second-order valence-corrected chi connectivity index (χ2v) is 17.0. The number of piperidine rings is 2. The van der Waals surface area contributed by atoms with Crippen LogP contribution < -0.4 is 10.6 Å². The van der Waals surface area contributed by atoms with Crippen LogP contribution in [0.3, 0.4) is 0 Å². The molecular formula is C40H52N4O6S2. The van der Waals surface area contributed by atoms with Crippen LogP contribution in [-0.2, 0) is 41.6 Å². The zero-order valence-electron chi connectivity index (χ0n) is 30.1. The number of carbonyl (C=O) groups is 5. The highest BCUT2D eigenvalue weighted by atomic mass is 32.2. The first kappa shape index (κ1) is 38.2. The lowest BCUT2D eigenvalue weighted by Crippen LogP contribution is -2.57. The quantitative estimate of drug-likeness (QED) is 0.293. The number of fused-ring (bicyclic) bond motifs is 2. The Hall–Kier alpha value is -3.51. The summed E-state index contributed by atoms with van der Waals surface area (Å²) in [7, 11) is 1.34. The van der Waals surface area contributed by atoms with Gasteiger partial charge >= 0.3 is 5.97 Å². The van der Waals surface area contributed by atoms with Crippen molar-refractivity contribution >= 4 is 53.1 Å². The zero-order valence-corrected chi connectivity index (χ0v) is 31.7. The molecule has 4 heterocycles. The molecule has 12 heteroatoms. The number of thioether (sulfide) groups is 2. The van der Waals surface area contributed by atoms with Gasteiger partial charge in [-0.25, -0.2) is 4.79 Å². The summed E-state index contributed by atoms with van der Waals surface area (Å²) in [5.74, 6) is -0.500. The second-order valence-electron chi connectivity index (χ2n) is 14.4. The van der Waals surface area contributed by atoms with Crippen molar-refractivity contribution in [2.45, 2.75) is 106 Å². The van der Waals surface area contributed by atoms with Crippen LogP contribution in [0.15, 0.2) is 60.7 Å². The van der Waals surface area contributed by atoms with Gasteiger partial charge in [-0.2, -0.15) is 0 Å². The van der Waals surface area contributed by atoms with E-state index in [2.05, 4.69) is 10.6 Å². The Balaban J connectivity index is 1.18. The van der Waals surface area contributed by atoms with E-state index in [1.807, 2.05) is 77.3 Å². The molecule has 10 nitrogen and oxygen atoms in total. The molecule has 2 aromatic carbocycles. The molecule has 0 saturated carbocycles. The summed E-state index contributed by atoms with van der Waals surface area (Å²) in [6, 6.07) is 17.7. The first-order valence-corrected chi connectivity index (χ1v) is 21.0. The SMILES string of the molecule is COC(=O)[C@@H]1CCC[C@@H]2SCC[C@H](NC(=O)[C@H](CC[C@H](Cc3ccccc3)C(=O)N[C@H]3CCSC4CCCCN4C3=O)Cc3ccccc3)C(=O)N21. The predicted octanol–water partition coefficient (Wildman–Crippen LogP) is 4.95. The average Bonchev–Trinajstić information content (AvgIpc) is 3.43. The van der Waals surface area contributed by atoms with Gasteiger partial charge < -0.3 is 25.2 Å². The van der Waals surface area contributed by atoms with E-state index in [0.29, 0.717) is 50.7 Å². The van der Waals surface area contributed by atoms with Crippen molar-refractivity contribution < 1.29 is 28.7 Å². The second kappa shape index (κ2) is 18.5. The number of nitrogens with one attached hydrogen (secondary N) is 2. The predicted molar refractivity (Wildman–Crippen MR) is 204 cm³/mol. The van der Waals surface area contributed by atoms with Gasteiger partial charge in [0.05, 0.1) is 17.9 Å². The van der Waals surface area contributed by atoms with Gasteiger partial charge in [0.25, 0.3) is 0 Å². The maximum absolute atomic E-state index is 14.2. The number of benzene rings is 2. The summed E-state index contributed by atoms with van der Waals surface area (Å²) in [5.41, 5.74) is 2.01. The highest BCUT2D eigenvalue weighted by molar-refractivity contribution is 8.00. The minimum Gasteiger partial charge on any atom is -0.467 e. The van der Waals surface area contributed by atoms with Gasteiger partial charge in [-0.15, -0.1) is 23.5 Å². The molecule has 4 fully saturated rings. The molecule has 4 aliphatic rings. The van der Waals surface area contributed by atoms with E-state index in [1.54, 1.807) is 16.7 Å². The van der Waals surface area contributed by atoms with E-state index in [0.717, 1.165) is 55.5 Å². The Morgan fingerprint density at radius 1 is 0.712 bits per heavy atom. The van der Waals surface area contributed by atoms with Crippen LogP contribution >= 0.6 is 23.5 Å². The van der Waals surface area contributed by atoms with Gasteiger partial charge in [-0.1, -0.05) is 60.7 Å². The van der Waals surface area contributed by atoms with Crippen LogP contribution in [0.5, 0.6) is 0 Å². The molecule has 4 saturated heterocycles. The van der Waals surface area contributed by atoms with Crippen molar-refractivity contribution in [2.24, 2.45) is 11.8 Å². The van der Waals surface area contributed by atoms with Crippen molar-refractivity contribution in [2.75, 3.05) is 25.2 Å². The maximum Gasteiger partial charge on any atom is 0.328 e. The highest BCUT2D eigenvalue weighted by Gasteiger charge is 2.44. The van der Waals surface area contributed by atoms with Gasteiger partial charge in [0.2, 0.25) is 23.6 Å². The van der Waals surface area contributed by atoms with Crippen molar-refractivity contribution in [1.82, 2.24) is 20.4 Å². The van der Waals surface area contributed by atoms with Gasteiger partial charge in [0.1, 0.15) is 18.1 Å². The van der Waals surface area contributed by atoms with Crippen LogP contribution in [0, 0.1) is 11.8 Å². The molecule has 6 rings (SSSR count). The molecule has 7 atom stereocenters. The van der Waals surface area contributed by atoms with Crippen molar-refractivity contribution in [1.29, 1.82) is 0 Å². The number of hydrogen-bond donors (Lipinski definition) is 2. The van der Waals surface area contributed by atoms with E-state index in [-0.39, 0.29) is 34.4 Å². The average molecular weight is 749 g/mol. The third kappa shape index (κ3) is 9.53. The van der Waals surface area contributed by atoms with Crippen LogP contribution in [0.1, 0.15) is 75.3 Å². The Kier molecular flexibility index (Phi) is 13.6. The number of esters is 1. The first-order valence-electron chi connectivity index (χ1n) is 18.9. The van der Waals surface area contributed by atoms with Crippen LogP contribution in [0.4, 0.5) is 0 Å². The lowest BCUT2D eigenvalue weighted by molar-refractivity contribution is -0.156. The lowest BCUT2D eigenvalue weighted by Gasteiger charge is -2.40. The molecule has 52 heavy (non-hydrogen) atoms. The Morgan fingerprint density at radius 2 is 1.25 bits per heavy atom. The molecule has 4 amide bonds. The van der Waals surface area contributed by atoms with Crippen molar-refractivity contribution in [3.05, 3.63) is 71.8 Å². The topological polar surface area (TPSA) is 125 Å². The summed E-state index contributed by atoms with van der Waals surface area (Å²) in [5, 5.41) is 6.32. The summed E-state index contributed by atoms with van der Waals surface area (Å²) in [4.78, 5) is 72.4. The summed E-state index contributed by atoms with van der Waals surface area (Å²) in [6.07, 6.45) is 8.14.